The SMILES string of the molecule is Cc1ccc(NC(=O)COc2ccc3ccc(=O)oc3c2)cc1S(=O)(=O)N1CCOCC1. The summed E-state index contributed by atoms with van der Waals surface area (Å²) in [7, 11) is -3.70. The number of rotatable bonds is 6. The Hall–Kier alpha value is -3.21. The van der Waals surface area contributed by atoms with Crippen LogP contribution < -0.4 is 15.7 Å². The Kier molecular flexibility index (Phi) is 6.26. The molecule has 1 amide bonds. The number of nitrogens with one attached hydrogen (secondary N) is 1. The lowest BCUT2D eigenvalue weighted by molar-refractivity contribution is -0.118. The van der Waals surface area contributed by atoms with Crippen LogP contribution in [0.2, 0.25) is 0 Å². The van der Waals surface area contributed by atoms with Crippen molar-refractivity contribution in [1.29, 1.82) is 0 Å². The van der Waals surface area contributed by atoms with Crippen molar-refractivity contribution in [3.63, 3.8) is 0 Å². The number of amides is 1. The zero-order valence-corrected chi connectivity index (χ0v) is 18.2. The highest BCUT2D eigenvalue weighted by molar-refractivity contribution is 7.89. The molecular weight excluding hydrogens is 436 g/mol. The summed E-state index contributed by atoms with van der Waals surface area (Å²) in [4.78, 5) is 23.9. The van der Waals surface area contributed by atoms with Gasteiger partial charge in [-0.1, -0.05) is 6.07 Å². The first kappa shape index (κ1) is 22.0. The highest BCUT2D eigenvalue weighted by Crippen LogP contribution is 2.24. The number of morpholine rings is 1. The van der Waals surface area contributed by atoms with Crippen molar-refractivity contribution in [1.82, 2.24) is 4.31 Å². The van der Waals surface area contributed by atoms with Gasteiger partial charge in [-0.3, -0.25) is 4.79 Å². The van der Waals surface area contributed by atoms with Gasteiger partial charge < -0.3 is 19.2 Å². The lowest BCUT2D eigenvalue weighted by atomic mass is 10.2. The van der Waals surface area contributed by atoms with Crippen molar-refractivity contribution in [3.05, 3.63) is 64.5 Å². The lowest BCUT2D eigenvalue weighted by Gasteiger charge is -2.26. The molecule has 2 aromatic carbocycles. The number of benzene rings is 2. The summed E-state index contributed by atoms with van der Waals surface area (Å²) in [6, 6.07) is 12.6. The molecule has 0 saturated carbocycles. The number of hydrogen-bond acceptors (Lipinski definition) is 7. The third-order valence-corrected chi connectivity index (χ3v) is 7.06. The largest absolute Gasteiger partial charge is 0.484 e. The van der Waals surface area contributed by atoms with Gasteiger partial charge in [0, 0.05) is 36.3 Å². The predicted octanol–water partition coefficient (Wildman–Crippen LogP) is 2.14. The van der Waals surface area contributed by atoms with Crippen LogP contribution in [-0.4, -0.2) is 51.5 Å². The van der Waals surface area contributed by atoms with E-state index in [1.165, 1.54) is 22.5 Å². The second kappa shape index (κ2) is 9.11. The van der Waals surface area contributed by atoms with Gasteiger partial charge in [-0.05, 0) is 42.8 Å². The van der Waals surface area contributed by atoms with Crippen molar-refractivity contribution < 1.29 is 27.1 Å². The molecule has 1 saturated heterocycles. The monoisotopic (exact) mass is 458 g/mol. The minimum Gasteiger partial charge on any atom is -0.484 e. The van der Waals surface area contributed by atoms with Gasteiger partial charge in [0.15, 0.2) is 6.61 Å². The van der Waals surface area contributed by atoms with Gasteiger partial charge in [0.2, 0.25) is 10.0 Å². The number of carbonyl (C=O) groups is 1. The highest BCUT2D eigenvalue weighted by Gasteiger charge is 2.28. The predicted molar refractivity (Wildman–Crippen MR) is 117 cm³/mol. The summed E-state index contributed by atoms with van der Waals surface area (Å²) in [5, 5.41) is 3.39. The first-order valence-electron chi connectivity index (χ1n) is 9.98. The first-order chi connectivity index (χ1) is 15.3. The molecule has 10 heteroatoms. The zero-order chi connectivity index (χ0) is 22.7. The summed E-state index contributed by atoms with van der Waals surface area (Å²) >= 11 is 0. The molecule has 1 aliphatic rings. The summed E-state index contributed by atoms with van der Waals surface area (Å²) in [6.07, 6.45) is 0. The summed E-state index contributed by atoms with van der Waals surface area (Å²) < 4.78 is 43.2. The zero-order valence-electron chi connectivity index (χ0n) is 17.4. The third-order valence-electron chi connectivity index (χ3n) is 5.02. The smallest absolute Gasteiger partial charge is 0.336 e. The molecule has 0 spiro atoms. The van der Waals surface area contributed by atoms with E-state index in [1.54, 1.807) is 37.3 Å². The molecule has 0 radical (unpaired) electrons. The molecular formula is C22H22N2O7S. The van der Waals surface area contributed by atoms with E-state index in [4.69, 9.17) is 13.9 Å². The van der Waals surface area contributed by atoms with Crippen molar-refractivity contribution in [3.8, 4) is 5.75 Å². The highest BCUT2D eigenvalue weighted by atomic mass is 32.2. The van der Waals surface area contributed by atoms with Crippen LogP contribution in [0, 0.1) is 6.92 Å². The van der Waals surface area contributed by atoms with Crippen LogP contribution in [0.5, 0.6) is 5.75 Å². The van der Waals surface area contributed by atoms with E-state index in [9.17, 15) is 18.0 Å². The van der Waals surface area contributed by atoms with Crippen LogP contribution in [0.3, 0.4) is 0 Å². The topological polar surface area (TPSA) is 115 Å². The molecule has 1 aliphatic heterocycles. The Labute approximate surface area is 184 Å². The van der Waals surface area contributed by atoms with Crippen molar-refractivity contribution >= 4 is 32.6 Å². The van der Waals surface area contributed by atoms with Crippen LogP contribution in [0.25, 0.3) is 11.0 Å². The Bertz CT molecular complexity index is 1310. The molecule has 1 fully saturated rings. The number of carbonyl (C=O) groups excluding carboxylic acids is 1. The van der Waals surface area contributed by atoms with E-state index in [0.29, 0.717) is 35.8 Å². The van der Waals surface area contributed by atoms with E-state index in [0.717, 1.165) is 5.39 Å². The van der Waals surface area contributed by atoms with Gasteiger partial charge in [-0.2, -0.15) is 4.31 Å². The Morgan fingerprint density at radius 3 is 2.62 bits per heavy atom. The van der Waals surface area contributed by atoms with Crippen molar-refractivity contribution in [2.75, 3.05) is 38.2 Å². The standard InChI is InChI=1S/C22H22N2O7S/c1-15-2-5-17(12-20(15)32(27,28)24-8-10-29-11-9-24)23-21(25)14-30-18-6-3-16-4-7-22(26)31-19(16)13-18/h2-7,12-13H,8-11,14H2,1H3,(H,23,25). The molecule has 3 aromatic rings. The number of ether oxygens (including phenoxy) is 2. The average Bonchev–Trinajstić information content (AvgIpc) is 2.79. The molecule has 32 heavy (non-hydrogen) atoms. The number of fused-ring (bicyclic) bond motifs is 1. The molecule has 0 bridgehead atoms. The van der Waals surface area contributed by atoms with Crippen molar-refractivity contribution in [2.45, 2.75) is 11.8 Å². The Balaban J connectivity index is 1.44. The molecule has 4 rings (SSSR count). The molecule has 0 aliphatic carbocycles. The van der Waals surface area contributed by atoms with Crippen LogP contribution in [-0.2, 0) is 19.6 Å². The van der Waals surface area contributed by atoms with E-state index in [2.05, 4.69) is 5.32 Å². The molecule has 168 valence electrons. The van der Waals surface area contributed by atoms with Gasteiger partial charge in [0.05, 0.1) is 18.1 Å². The second-order valence-electron chi connectivity index (χ2n) is 7.29. The molecule has 2 heterocycles. The molecule has 0 unspecified atom stereocenters. The fraction of sp³-hybridized carbons (Fsp3) is 0.273. The van der Waals surface area contributed by atoms with Crippen LogP contribution in [0.15, 0.2) is 62.6 Å². The third kappa shape index (κ3) is 4.82. The molecule has 1 aromatic heterocycles. The normalized spacial score (nSPS) is 14.9. The van der Waals surface area contributed by atoms with E-state index >= 15 is 0 Å². The fourth-order valence-electron chi connectivity index (χ4n) is 3.36. The van der Waals surface area contributed by atoms with Crippen molar-refractivity contribution in [2.24, 2.45) is 0 Å². The van der Waals surface area contributed by atoms with E-state index in [1.807, 2.05) is 0 Å². The minimum absolute atomic E-state index is 0.141. The minimum atomic E-state index is -3.70. The summed E-state index contributed by atoms with van der Waals surface area (Å²) in [6.45, 7) is 2.69. The van der Waals surface area contributed by atoms with E-state index in [-0.39, 0.29) is 24.6 Å². The van der Waals surface area contributed by atoms with E-state index < -0.39 is 21.6 Å². The number of aryl methyl sites for hydroxylation is 1. The maximum absolute atomic E-state index is 13.0. The van der Waals surface area contributed by atoms with Gasteiger partial charge in [-0.15, -0.1) is 0 Å². The number of anilines is 1. The molecule has 9 nitrogen and oxygen atoms in total. The second-order valence-corrected chi connectivity index (χ2v) is 9.19. The van der Waals surface area contributed by atoms with Crippen LogP contribution in [0.1, 0.15) is 5.56 Å². The number of sulfonamides is 1. The average molecular weight is 458 g/mol. The molecule has 1 N–H and O–H groups in total. The summed E-state index contributed by atoms with van der Waals surface area (Å²) in [5.74, 6) is -0.0975. The van der Waals surface area contributed by atoms with Gasteiger partial charge in [-0.25, -0.2) is 13.2 Å². The van der Waals surface area contributed by atoms with Gasteiger partial charge in [0.1, 0.15) is 11.3 Å². The Morgan fingerprint density at radius 1 is 1.09 bits per heavy atom. The number of hydrogen-bond donors (Lipinski definition) is 1. The fourth-order valence-corrected chi connectivity index (χ4v) is 5.02. The first-order valence-corrected chi connectivity index (χ1v) is 11.4. The van der Waals surface area contributed by atoms with Gasteiger partial charge >= 0.3 is 5.63 Å². The Morgan fingerprint density at radius 2 is 1.84 bits per heavy atom. The number of nitrogens with zero attached hydrogens (tertiary/aromatic N) is 1. The van der Waals surface area contributed by atoms with Gasteiger partial charge in [0.25, 0.3) is 5.91 Å². The molecule has 0 atom stereocenters. The maximum Gasteiger partial charge on any atom is 0.336 e. The quantitative estimate of drug-likeness (QED) is 0.563. The van der Waals surface area contributed by atoms with Crippen LogP contribution >= 0.6 is 0 Å². The lowest BCUT2D eigenvalue weighted by Crippen LogP contribution is -2.40. The summed E-state index contributed by atoms with van der Waals surface area (Å²) in [5.41, 5.74) is 0.811. The van der Waals surface area contributed by atoms with Crippen LogP contribution in [0.4, 0.5) is 5.69 Å². The maximum atomic E-state index is 13.0.